The number of pyridine rings is 1. The molecule has 2 N–H and O–H groups in total. The van der Waals surface area contributed by atoms with Crippen molar-refractivity contribution in [3.8, 4) is 0 Å². The molecule has 1 aliphatic heterocycles. The van der Waals surface area contributed by atoms with Gasteiger partial charge in [0.05, 0.1) is 23.3 Å². The molecule has 0 bridgehead atoms. The van der Waals surface area contributed by atoms with Gasteiger partial charge in [-0.3, -0.25) is 4.98 Å². The number of nitrogen functional groups attached to an aromatic ring is 1. The quantitative estimate of drug-likeness (QED) is 0.752. The minimum absolute atomic E-state index is 0.137. The summed E-state index contributed by atoms with van der Waals surface area (Å²) < 4.78 is 30.8. The first-order chi connectivity index (χ1) is 10.0. The van der Waals surface area contributed by atoms with Gasteiger partial charge in [0.15, 0.2) is 0 Å². The van der Waals surface area contributed by atoms with E-state index < -0.39 is 10.0 Å². The number of aromatic nitrogens is 1. The van der Waals surface area contributed by atoms with Crippen molar-refractivity contribution in [3.05, 3.63) is 18.5 Å². The van der Waals surface area contributed by atoms with Crippen LogP contribution in [0, 0.1) is 0 Å². The third-order valence-electron chi connectivity index (χ3n) is 3.55. The van der Waals surface area contributed by atoms with Gasteiger partial charge in [-0.2, -0.15) is 4.31 Å². The number of anilines is 2. The van der Waals surface area contributed by atoms with E-state index in [1.54, 1.807) is 23.8 Å². The molecule has 21 heavy (non-hydrogen) atoms. The fraction of sp³-hybridized carbons (Fsp3) is 0.615. The molecule has 0 aromatic carbocycles. The van der Waals surface area contributed by atoms with E-state index in [0.717, 1.165) is 5.69 Å². The van der Waals surface area contributed by atoms with Crippen LogP contribution in [-0.2, 0) is 14.8 Å². The summed E-state index contributed by atoms with van der Waals surface area (Å²) in [6, 6.07) is 1.86. The molecule has 0 unspecified atom stereocenters. The van der Waals surface area contributed by atoms with E-state index in [1.165, 1.54) is 0 Å². The second-order valence-corrected chi connectivity index (χ2v) is 7.07. The molecule has 1 aliphatic rings. The van der Waals surface area contributed by atoms with Crippen LogP contribution in [0.5, 0.6) is 0 Å². The lowest BCUT2D eigenvalue weighted by molar-refractivity contribution is 0.199. The summed E-state index contributed by atoms with van der Waals surface area (Å²) in [5.41, 5.74) is 7.44. The van der Waals surface area contributed by atoms with Gasteiger partial charge in [0.1, 0.15) is 0 Å². The van der Waals surface area contributed by atoms with Crippen molar-refractivity contribution in [3.63, 3.8) is 0 Å². The van der Waals surface area contributed by atoms with Crippen LogP contribution in [0.1, 0.15) is 6.42 Å². The van der Waals surface area contributed by atoms with Crippen molar-refractivity contribution in [1.82, 2.24) is 9.29 Å². The summed E-state index contributed by atoms with van der Waals surface area (Å²) in [6.45, 7) is 2.70. The molecule has 0 radical (unpaired) electrons. The molecule has 118 valence electrons. The summed E-state index contributed by atoms with van der Waals surface area (Å²) in [5.74, 6) is 0.137. The Morgan fingerprint density at radius 3 is 2.67 bits per heavy atom. The second-order valence-electron chi connectivity index (χ2n) is 4.98. The molecule has 0 amide bonds. The van der Waals surface area contributed by atoms with Crippen LogP contribution in [0.2, 0.25) is 0 Å². The molecular formula is C13H22N4O3S. The Morgan fingerprint density at radius 1 is 1.33 bits per heavy atom. The predicted octanol–water partition coefficient (Wildman–Crippen LogP) is 0.152. The van der Waals surface area contributed by atoms with E-state index >= 15 is 0 Å². The fourth-order valence-electron chi connectivity index (χ4n) is 2.41. The molecule has 1 aromatic rings. The highest BCUT2D eigenvalue weighted by Gasteiger charge is 2.27. The first-order valence-corrected chi connectivity index (χ1v) is 8.56. The Hall–Kier alpha value is -1.38. The average Bonchev–Trinajstić information content (AvgIpc) is 2.48. The van der Waals surface area contributed by atoms with Gasteiger partial charge < -0.3 is 15.4 Å². The van der Waals surface area contributed by atoms with Crippen LogP contribution >= 0.6 is 0 Å². The molecule has 7 nitrogen and oxygen atoms in total. The molecule has 0 atom stereocenters. The Balaban J connectivity index is 1.93. The van der Waals surface area contributed by atoms with E-state index in [9.17, 15) is 8.42 Å². The number of hydrogen-bond donors (Lipinski definition) is 1. The molecular weight excluding hydrogens is 292 g/mol. The van der Waals surface area contributed by atoms with Crippen LogP contribution in [0.3, 0.4) is 0 Å². The molecule has 2 heterocycles. The lowest BCUT2D eigenvalue weighted by Crippen LogP contribution is -2.49. The SMILES string of the molecule is COCCCS(=O)(=O)N1CCN(c2ccncc2N)CC1. The van der Waals surface area contributed by atoms with Crippen LogP contribution in [0.15, 0.2) is 18.5 Å². The van der Waals surface area contributed by atoms with Crippen molar-refractivity contribution in [2.24, 2.45) is 0 Å². The normalized spacial score (nSPS) is 17.1. The highest BCUT2D eigenvalue weighted by molar-refractivity contribution is 7.89. The Bertz CT molecular complexity index is 556. The summed E-state index contributed by atoms with van der Waals surface area (Å²) in [5, 5.41) is 0. The van der Waals surface area contributed by atoms with Gasteiger partial charge in [-0.15, -0.1) is 0 Å². The maximum Gasteiger partial charge on any atom is 0.214 e. The monoisotopic (exact) mass is 314 g/mol. The minimum atomic E-state index is -3.19. The summed E-state index contributed by atoms with van der Waals surface area (Å²) in [4.78, 5) is 6.06. The Morgan fingerprint density at radius 2 is 2.05 bits per heavy atom. The van der Waals surface area contributed by atoms with Crippen molar-refractivity contribution in [1.29, 1.82) is 0 Å². The number of nitrogens with zero attached hydrogens (tertiary/aromatic N) is 3. The summed E-state index contributed by atoms with van der Waals surface area (Å²) in [6.07, 6.45) is 3.83. The molecule has 0 saturated carbocycles. The molecule has 1 aromatic heterocycles. The number of sulfonamides is 1. The van der Waals surface area contributed by atoms with Gasteiger partial charge in [-0.1, -0.05) is 0 Å². The standard InChI is InChI=1S/C13H22N4O3S/c1-20-9-2-10-21(18,19)17-7-5-16(6-8-17)13-3-4-15-11-12(13)14/h3-4,11H,2,5-10,14H2,1H3. The molecule has 2 rings (SSSR count). The predicted molar refractivity (Wildman–Crippen MR) is 82.7 cm³/mol. The van der Waals surface area contributed by atoms with Crippen LogP contribution < -0.4 is 10.6 Å². The first kappa shape index (κ1) is 16.0. The number of rotatable bonds is 6. The molecule has 1 fully saturated rings. The molecule has 1 saturated heterocycles. The van der Waals surface area contributed by atoms with E-state index in [-0.39, 0.29) is 5.75 Å². The number of piperazine rings is 1. The van der Waals surface area contributed by atoms with E-state index in [0.29, 0.717) is 44.9 Å². The smallest absolute Gasteiger partial charge is 0.214 e. The topological polar surface area (TPSA) is 88.8 Å². The number of ether oxygens (including phenoxy) is 1. The van der Waals surface area contributed by atoms with E-state index in [4.69, 9.17) is 10.5 Å². The fourth-order valence-corrected chi connectivity index (χ4v) is 3.87. The van der Waals surface area contributed by atoms with Gasteiger partial charge >= 0.3 is 0 Å². The maximum atomic E-state index is 12.2. The highest BCUT2D eigenvalue weighted by atomic mass is 32.2. The largest absolute Gasteiger partial charge is 0.396 e. The highest BCUT2D eigenvalue weighted by Crippen LogP contribution is 2.23. The van der Waals surface area contributed by atoms with Gasteiger partial charge in [0.2, 0.25) is 10.0 Å². The lowest BCUT2D eigenvalue weighted by atomic mass is 10.2. The van der Waals surface area contributed by atoms with Crippen LogP contribution in [0.4, 0.5) is 11.4 Å². The van der Waals surface area contributed by atoms with Crippen molar-refractivity contribution >= 4 is 21.4 Å². The maximum absolute atomic E-state index is 12.2. The van der Waals surface area contributed by atoms with Crippen molar-refractivity contribution < 1.29 is 13.2 Å². The zero-order valence-corrected chi connectivity index (χ0v) is 13.1. The van der Waals surface area contributed by atoms with Crippen LogP contribution in [0.25, 0.3) is 0 Å². The minimum Gasteiger partial charge on any atom is -0.396 e. The number of nitrogens with two attached hydrogens (primary N) is 1. The molecule has 0 spiro atoms. The van der Waals surface area contributed by atoms with E-state index in [1.807, 2.05) is 6.07 Å². The number of methoxy groups -OCH3 is 1. The molecule has 8 heteroatoms. The van der Waals surface area contributed by atoms with Gasteiger partial charge in [-0.25, -0.2) is 8.42 Å². The van der Waals surface area contributed by atoms with E-state index in [2.05, 4.69) is 9.88 Å². The lowest BCUT2D eigenvalue weighted by Gasteiger charge is -2.35. The van der Waals surface area contributed by atoms with Gasteiger partial charge in [0.25, 0.3) is 0 Å². The van der Waals surface area contributed by atoms with Crippen LogP contribution in [-0.4, -0.2) is 63.4 Å². The third-order valence-corrected chi connectivity index (χ3v) is 5.51. The summed E-state index contributed by atoms with van der Waals surface area (Å²) >= 11 is 0. The zero-order valence-electron chi connectivity index (χ0n) is 12.2. The zero-order chi connectivity index (χ0) is 15.3. The Kier molecular flexibility index (Phi) is 5.38. The average molecular weight is 314 g/mol. The Labute approximate surface area is 125 Å². The first-order valence-electron chi connectivity index (χ1n) is 6.96. The second kappa shape index (κ2) is 7.06. The van der Waals surface area contributed by atoms with Crippen molar-refractivity contribution in [2.45, 2.75) is 6.42 Å². The van der Waals surface area contributed by atoms with Gasteiger partial charge in [0, 0.05) is 46.1 Å². The summed E-state index contributed by atoms with van der Waals surface area (Å²) in [7, 11) is -1.61. The number of hydrogen-bond acceptors (Lipinski definition) is 6. The van der Waals surface area contributed by atoms with Gasteiger partial charge in [-0.05, 0) is 12.5 Å². The molecule has 0 aliphatic carbocycles. The van der Waals surface area contributed by atoms with Crippen molar-refractivity contribution in [2.75, 3.05) is 56.3 Å². The third kappa shape index (κ3) is 4.05.